The lowest BCUT2D eigenvalue weighted by Gasteiger charge is -2.33. The lowest BCUT2D eigenvalue weighted by molar-refractivity contribution is -0.148. The lowest BCUT2D eigenvalue weighted by atomic mass is 9.94. The van der Waals surface area contributed by atoms with Crippen molar-refractivity contribution in [2.75, 3.05) is 40.1 Å². The summed E-state index contributed by atoms with van der Waals surface area (Å²) in [5.74, 6) is -6.19. The molecule has 1 aromatic carbocycles. The number of amides is 7. The molecular weight excluding hydrogens is 831 g/mol. The van der Waals surface area contributed by atoms with Gasteiger partial charge in [0.25, 0.3) is 11.8 Å². The van der Waals surface area contributed by atoms with Gasteiger partial charge < -0.3 is 45.5 Å². The summed E-state index contributed by atoms with van der Waals surface area (Å²) in [7, 11) is 1.59. The first-order valence-corrected chi connectivity index (χ1v) is 21.8. The number of imide groups is 1. The molecule has 64 heavy (non-hydrogen) atoms. The minimum Gasteiger partial charge on any atom is -0.464 e. The van der Waals surface area contributed by atoms with E-state index in [1.165, 1.54) is 6.92 Å². The quantitative estimate of drug-likeness (QED) is 0.0602. The number of methoxy groups -OCH3 is 1. The Morgan fingerprint density at radius 2 is 1.50 bits per heavy atom. The average Bonchev–Trinajstić information content (AvgIpc) is 3.87. The Morgan fingerprint density at radius 1 is 0.859 bits per heavy atom. The van der Waals surface area contributed by atoms with Crippen molar-refractivity contribution >= 4 is 47.5 Å². The molecule has 0 saturated carbocycles. The van der Waals surface area contributed by atoms with E-state index in [2.05, 4.69) is 26.6 Å². The van der Waals surface area contributed by atoms with Gasteiger partial charge in [0, 0.05) is 25.3 Å². The highest BCUT2D eigenvalue weighted by molar-refractivity contribution is 6.15. The molecule has 356 valence electrons. The summed E-state index contributed by atoms with van der Waals surface area (Å²) in [6.07, 6.45) is 1.81. The topological polar surface area (TPSA) is 240 Å². The molecule has 5 N–H and O–H groups in total. The summed E-state index contributed by atoms with van der Waals surface area (Å²) in [5, 5.41) is 14.3. The Balaban J connectivity index is 1.72. The van der Waals surface area contributed by atoms with Gasteiger partial charge in [-0.25, -0.2) is 4.79 Å². The first-order valence-electron chi connectivity index (χ1n) is 21.8. The lowest BCUT2D eigenvalue weighted by Crippen LogP contribution is -2.61. The fourth-order valence-electron chi connectivity index (χ4n) is 7.17. The van der Waals surface area contributed by atoms with E-state index in [0.717, 1.165) is 42.0 Å². The van der Waals surface area contributed by atoms with E-state index < -0.39 is 102 Å². The first kappa shape index (κ1) is 52.9. The smallest absolute Gasteiger partial charge is 0.410 e. The van der Waals surface area contributed by atoms with Crippen molar-refractivity contribution in [3.05, 3.63) is 48.0 Å². The van der Waals surface area contributed by atoms with Crippen molar-refractivity contribution in [3.8, 4) is 0 Å². The van der Waals surface area contributed by atoms with Crippen LogP contribution >= 0.6 is 0 Å². The number of nitrogens with one attached hydrogen (secondary N) is 5. The van der Waals surface area contributed by atoms with Crippen LogP contribution in [0, 0.1) is 17.8 Å². The van der Waals surface area contributed by atoms with Crippen LogP contribution in [-0.4, -0.2) is 139 Å². The zero-order chi connectivity index (χ0) is 47.9. The molecule has 1 aromatic rings. The molecule has 0 aromatic heterocycles. The second-order valence-electron chi connectivity index (χ2n) is 18.0. The summed E-state index contributed by atoms with van der Waals surface area (Å²) in [6.45, 7) is 16.0. The summed E-state index contributed by atoms with van der Waals surface area (Å²) >= 11 is 0. The molecule has 0 spiro atoms. The van der Waals surface area contributed by atoms with Crippen LogP contribution < -0.4 is 26.6 Å². The Bertz CT molecular complexity index is 1790. The van der Waals surface area contributed by atoms with Gasteiger partial charge in [0.15, 0.2) is 0 Å². The third kappa shape index (κ3) is 16.0. The average molecular weight is 900 g/mol. The van der Waals surface area contributed by atoms with Crippen molar-refractivity contribution in [2.24, 2.45) is 17.8 Å². The molecular formula is C45H69N7O12. The molecule has 2 heterocycles. The summed E-state index contributed by atoms with van der Waals surface area (Å²) in [4.78, 5) is 108. The minimum absolute atomic E-state index is 0.0192. The molecule has 7 amide bonds. The molecule has 2 aliphatic heterocycles. The van der Waals surface area contributed by atoms with E-state index in [4.69, 9.17) is 18.9 Å². The molecule has 0 unspecified atom stereocenters. The van der Waals surface area contributed by atoms with Gasteiger partial charge in [-0.1, -0.05) is 65.0 Å². The number of nitrogens with zero attached hydrogens (tertiary/aromatic N) is 2. The van der Waals surface area contributed by atoms with Crippen LogP contribution in [0.3, 0.4) is 0 Å². The highest BCUT2D eigenvalue weighted by Gasteiger charge is 2.41. The highest BCUT2D eigenvalue weighted by Crippen LogP contribution is 2.24. The molecule has 19 nitrogen and oxygen atoms in total. The number of esters is 1. The number of hydrogen-bond acceptors (Lipinski definition) is 13. The predicted molar refractivity (Wildman–Crippen MR) is 235 cm³/mol. The van der Waals surface area contributed by atoms with E-state index in [9.17, 15) is 38.4 Å². The minimum atomic E-state index is -1.72. The number of benzene rings is 1. The number of rotatable bonds is 23. The maximum atomic E-state index is 14.1. The Kier molecular flexibility index (Phi) is 20.4. The standard InChI is InChI=1S/C45H69N7O12/c1-26(2)24-62-36(55)23-51(44(60)64-45(8,9)10)22-33(52-34(53)19-20-35(52)54)42(58)50-37(27(3)4)43(59)49-30(7)41(57)47-25-63-39(31-16-13-12-14-17-31)29(6)48-40(56)28(5)38(61-11)32-18-15-21-46-32/h12-14,16-17,19-20,26-30,32-33,37-39,46H,15,18,21-25H2,1-11H3,(H,47,57)(H,48,56)(H,49,59)(H,50,58)/t28-,29-,30+,32+,33+,37+,38-,39-/m1/s1. The third-order valence-electron chi connectivity index (χ3n) is 10.5. The molecule has 8 atom stereocenters. The van der Waals surface area contributed by atoms with E-state index in [-0.39, 0.29) is 37.3 Å². The number of hydrogen-bond donors (Lipinski definition) is 5. The predicted octanol–water partition coefficient (Wildman–Crippen LogP) is 2.10. The Labute approximate surface area is 376 Å². The largest absolute Gasteiger partial charge is 0.464 e. The van der Waals surface area contributed by atoms with Crippen LogP contribution in [0.5, 0.6) is 0 Å². The molecule has 0 aliphatic carbocycles. The highest BCUT2D eigenvalue weighted by atomic mass is 16.6. The number of carbonyl (C=O) groups is 8. The van der Waals surface area contributed by atoms with E-state index in [1.807, 2.05) is 51.1 Å². The van der Waals surface area contributed by atoms with Crippen LogP contribution in [0.4, 0.5) is 4.79 Å². The maximum absolute atomic E-state index is 14.1. The molecule has 2 aliphatic rings. The molecule has 1 saturated heterocycles. The SMILES string of the molecule is CO[C@@H]([C@@H]1CCCN1)[C@@H](C)C(=O)N[C@H](C)[C@@H](OCNC(=O)[C@H](C)NC(=O)[C@@H](NC(=O)[C@H](CN(CC(=O)OCC(C)C)C(=O)OC(C)(C)C)N1C(=O)C=CC1=O)C(C)C)c1ccccc1. The second kappa shape index (κ2) is 24.6. The monoisotopic (exact) mass is 900 g/mol. The molecule has 0 radical (unpaired) electrons. The van der Waals surface area contributed by atoms with Gasteiger partial charge in [-0.15, -0.1) is 0 Å². The Morgan fingerprint density at radius 3 is 2.05 bits per heavy atom. The maximum Gasteiger partial charge on any atom is 0.410 e. The molecule has 19 heteroatoms. The fourth-order valence-corrected chi connectivity index (χ4v) is 7.17. The van der Waals surface area contributed by atoms with Crippen molar-refractivity contribution in [2.45, 2.75) is 130 Å². The van der Waals surface area contributed by atoms with Gasteiger partial charge in [0.05, 0.1) is 31.2 Å². The number of ether oxygens (including phenoxy) is 4. The third-order valence-corrected chi connectivity index (χ3v) is 10.5. The van der Waals surface area contributed by atoms with Crippen LogP contribution in [0.2, 0.25) is 0 Å². The van der Waals surface area contributed by atoms with Gasteiger partial charge in [-0.2, -0.15) is 0 Å². The van der Waals surface area contributed by atoms with Crippen molar-refractivity contribution in [1.29, 1.82) is 0 Å². The van der Waals surface area contributed by atoms with Gasteiger partial charge in [-0.3, -0.25) is 43.4 Å². The van der Waals surface area contributed by atoms with Gasteiger partial charge in [-0.05, 0) is 71.4 Å². The zero-order valence-electron chi connectivity index (χ0n) is 39.1. The van der Waals surface area contributed by atoms with Gasteiger partial charge in [0.1, 0.15) is 43.1 Å². The zero-order valence-corrected chi connectivity index (χ0v) is 39.1. The van der Waals surface area contributed by atoms with Crippen LogP contribution in [0.15, 0.2) is 42.5 Å². The molecule has 0 bridgehead atoms. The first-order chi connectivity index (χ1) is 30.0. The number of carbonyl (C=O) groups excluding carboxylic acids is 8. The molecule has 1 fully saturated rings. The van der Waals surface area contributed by atoms with E-state index >= 15 is 0 Å². The summed E-state index contributed by atoms with van der Waals surface area (Å²) in [6, 6.07) is 4.57. The summed E-state index contributed by atoms with van der Waals surface area (Å²) < 4.78 is 22.6. The normalized spacial score (nSPS) is 18.4. The van der Waals surface area contributed by atoms with Crippen molar-refractivity contribution in [3.63, 3.8) is 0 Å². The fraction of sp³-hybridized carbons (Fsp3) is 0.644. The van der Waals surface area contributed by atoms with Crippen LogP contribution in [0.25, 0.3) is 0 Å². The second-order valence-corrected chi connectivity index (χ2v) is 18.0. The summed E-state index contributed by atoms with van der Waals surface area (Å²) in [5.41, 5.74) is -0.271. The van der Waals surface area contributed by atoms with Crippen LogP contribution in [0.1, 0.15) is 93.7 Å². The van der Waals surface area contributed by atoms with E-state index in [0.29, 0.717) is 4.90 Å². The van der Waals surface area contributed by atoms with Gasteiger partial charge >= 0.3 is 12.1 Å². The van der Waals surface area contributed by atoms with E-state index in [1.54, 1.807) is 48.7 Å². The Hall–Kier alpha value is -5.40. The van der Waals surface area contributed by atoms with Crippen molar-refractivity contribution < 1.29 is 57.3 Å². The van der Waals surface area contributed by atoms with Crippen molar-refractivity contribution in [1.82, 2.24) is 36.4 Å². The van der Waals surface area contributed by atoms with Gasteiger partial charge in [0.2, 0.25) is 23.6 Å². The molecule has 3 rings (SSSR count). The van der Waals surface area contributed by atoms with Crippen LogP contribution in [-0.2, 0) is 52.5 Å².